The normalized spacial score (nSPS) is 13.8. The lowest BCUT2D eigenvalue weighted by molar-refractivity contribution is -0.143. The number of nitrogens with zero attached hydrogens (tertiary/aromatic N) is 2. The van der Waals surface area contributed by atoms with Gasteiger partial charge in [-0.25, -0.2) is 4.39 Å². The van der Waals surface area contributed by atoms with Gasteiger partial charge >= 0.3 is 12.4 Å². The van der Waals surface area contributed by atoms with Gasteiger partial charge in [0.15, 0.2) is 0 Å². The molecule has 1 aliphatic rings. The summed E-state index contributed by atoms with van der Waals surface area (Å²) < 4.78 is 93.5. The van der Waals surface area contributed by atoms with E-state index in [2.05, 4.69) is 0 Å². The molecule has 39 heavy (non-hydrogen) atoms. The van der Waals surface area contributed by atoms with Crippen molar-refractivity contribution in [2.24, 2.45) is 0 Å². The maximum Gasteiger partial charge on any atom is 0.416 e. The number of thiophene rings is 1. The third-order valence-corrected chi connectivity index (χ3v) is 7.34. The van der Waals surface area contributed by atoms with Crippen molar-refractivity contribution in [3.05, 3.63) is 92.4 Å². The monoisotopic (exact) mass is 572 g/mol. The van der Waals surface area contributed by atoms with Crippen LogP contribution in [0.1, 0.15) is 50.3 Å². The third kappa shape index (κ3) is 7.17. The molecule has 1 fully saturated rings. The molecule has 0 spiro atoms. The van der Waals surface area contributed by atoms with Gasteiger partial charge in [0.1, 0.15) is 12.4 Å². The van der Waals surface area contributed by atoms with E-state index in [9.17, 15) is 40.3 Å². The number of carbonyl (C=O) groups is 2. The molecular weight excluding hydrogens is 549 g/mol. The largest absolute Gasteiger partial charge is 0.416 e. The number of benzene rings is 2. The average Bonchev–Trinajstić information content (AvgIpc) is 3.63. The summed E-state index contributed by atoms with van der Waals surface area (Å²) in [4.78, 5) is 30.1. The fourth-order valence-corrected chi connectivity index (χ4v) is 4.95. The zero-order chi connectivity index (χ0) is 28.5. The summed E-state index contributed by atoms with van der Waals surface area (Å²) in [7, 11) is 0. The molecule has 208 valence electrons. The first-order valence-corrected chi connectivity index (χ1v) is 12.8. The predicted octanol–water partition coefficient (Wildman–Crippen LogP) is 7.07. The van der Waals surface area contributed by atoms with E-state index in [1.807, 2.05) is 18.4 Å². The summed E-state index contributed by atoms with van der Waals surface area (Å²) in [6, 6.07) is 7.57. The van der Waals surface area contributed by atoms with E-state index in [4.69, 9.17) is 0 Å². The van der Waals surface area contributed by atoms with E-state index in [-0.39, 0.29) is 19.2 Å². The zero-order valence-electron chi connectivity index (χ0n) is 20.6. The Morgan fingerprint density at radius 2 is 1.49 bits per heavy atom. The van der Waals surface area contributed by atoms with Crippen LogP contribution in [-0.4, -0.2) is 34.2 Å². The molecule has 1 aromatic heterocycles. The fourth-order valence-electron chi connectivity index (χ4n) is 4.02. The van der Waals surface area contributed by atoms with Gasteiger partial charge in [-0.05, 0) is 72.7 Å². The molecule has 1 aliphatic carbocycles. The van der Waals surface area contributed by atoms with Crippen molar-refractivity contribution < 1.29 is 40.3 Å². The molecule has 0 saturated heterocycles. The molecule has 12 heteroatoms. The lowest BCUT2D eigenvalue weighted by Crippen LogP contribution is -2.43. The highest BCUT2D eigenvalue weighted by molar-refractivity contribution is 7.10. The highest BCUT2D eigenvalue weighted by Crippen LogP contribution is 2.37. The maximum atomic E-state index is 13.5. The minimum atomic E-state index is -5.11. The van der Waals surface area contributed by atoms with Crippen molar-refractivity contribution in [3.63, 3.8) is 0 Å². The van der Waals surface area contributed by atoms with Crippen LogP contribution in [0.2, 0.25) is 0 Å². The number of alkyl halides is 6. The minimum Gasteiger partial charge on any atom is -0.332 e. The van der Waals surface area contributed by atoms with Gasteiger partial charge in [-0.15, -0.1) is 11.3 Å². The zero-order valence-corrected chi connectivity index (χ0v) is 21.4. The summed E-state index contributed by atoms with van der Waals surface area (Å²) in [5, 5.41) is 1.84. The van der Waals surface area contributed by atoms with Gasteiger partial charge in [-0.2, -0.15) is 26.3 Å². The third-order valence-electron chi connectivity index (χ3n) is 6.33. The van der Waals surface area contributed by atoms with Crippen molar-refractivity contribution in [2.45, 2.75) is 51.2 Å². The van der Waals surface area contributed by atoms with Crippen LogP contribution in [0.4, 0.5) is 30.7 Å². The number of hydrogen-bond donors (Lipinski definition) is 0. The second-order valence-corrected chi connectivity index (χ2v) is 10.4. The van der Waals surface area contributed by atoms with Crippen molar-refractivity contribution in [2.75, 3.05) is 6.54 Å². The van der Waals surface area contributed by atoms with Gasteiger partial charge in [0, 0.05) is 23.0 Å². The number of amides is 2. The first-order chi connectivity index (χ1) is 18.2. The quantitative estimate of drug-likeness (QED) is 0.271. The van der Waals surface area contributed by atoms with Gasteiger partial charge in [0.25, 0.3) is 5.91 Å². The van der Waals surface area contributed by atoms with E-state index < -0.39 is 59.3 Å². The molecule has 0 atom stereocenters. The fraction of sp³-hybridized carbons (Fsp3) is 0.333. The Labute approximate surface area is 223 Å². The maximum absolute atomic E-state index is 13.5. The van der Waals surface area contributed by atoms with E-state index in [1.54, 1.807) is 0 Å². The molecule has 2 aromatic carbocycles. The van der Waals surface area contributed by atoms with Crippen LogP contribution in [0.25, 0.3) is 0 Å². The Hall–Kier alpha value is -3.41. The van der Waals surface area contributed by atoms with Gasteiger partial charge < -0.3 is 9.80 Å². The molecule has 2 amide bonds. The summed E-state index contributed by atoms with van der Waals surface area (Å²) in [5.41, 5.74) is -2.47. The lowest BCUT2D eigenvalue weighted by Gasteiger charge is -2.28. The number of halogens is 7. The van der Waals surface area contributed by atoms with Gasteiger partial charge in [0.2, 0.25) is 5.91 Å². The summed E-state index contributed by atoms with van der Waals surface area (Å²) in [6.07, 6.45) is -9.29. The summed E-state index contributed by atoms with van der Waals surface area (Å²) in [5.74, 6) is -2.09. The SMILES string of the molecule is Cc1ccsc1CN(Cc1ccc(F)cc1)C(=O)CN(C(=O)c1cc(C(F)(F)F)cc(C(F)(F)F)c1)C1CC1. The highest BCUT2D eigenvalue weighted by Gasteiger charge is 2.40. The van der Waals surface area contributed by atoms with Crippen molar-refractivity contribution in [3.8, 4) is 0 Å². The van der Waals surface area contributed by atoms with Crippen LogP contribution < -0.4 is 0 Å². The van der Waals surface area contributed by atoms with Gasteiger partial charge in [-0.1, -0.05) is 12.1 Å². The number of carbonyl (C=O) groups excluding carboxylic acids is 2. The molecule has 0 radical (unpaired) electrons. The molecule has 4 nitrogen and oxygen atoms in total. The average molecular weight is 573 g/mol. The van der Waals surface area contributed by atoms with E-state index in [0.29, 0.717) is 30.5 Å². The molecule has 4 rings (SSSR count). The topological polar surface area (TPSA) is 40.6 Å². The van der Waals surface area contributed by atoms with Crippen LogP contribution in [0.5, 0.6) is 0 Å². The van der Waals surface area contributed by atoms with E-state index in [0.717, 1.165) is 15.3 Å². The second kappa shape index (κ2) is 11.0. The highest BCUT2D eigenvalue weighted by atomic mass is 32.1. The standard InChI is InChI=1S/C27H23F7N2O2S/c1-16-8-9-39-23(16)14-35(13-17-2-4-21(28)5-3-17)24(37)15-36(22-6-7-22)25(38)18-10-19(26(29,30)31)12-20(11-18)27(32,33)34/h2-5,8-12,22H,6-7,13-15H2,1H3. The Morgan fingerprint density at radius 1 is 0.897 bits per heavy atom. The first kappa shape index (κ1) is 28.6. The van der Waals surface area contributed by atoms with Crippen LogP contribution in [-0.2, 0) is 30.2 Å². The lowest BCUT2D eigenvalue weighted by atomic mass is 10.0. The summed E-state index contributed by atoms with van der Waals surface area (Å²) >= 11 is 1.41. The molecule has 0 unspecified atom stereocenters. The van der Waals surface area contributed by atoms with E-state index >= 15 is 0 Å². The predicted molar refractivity (Wildman–Crippen MR) is 130 cm³/mol. The summed E-state index contributed by atoms with van der Waals surface area (Å²) in [6.45, 7) is 1.55. The molecule has 1 saturated carbocycles. The number of rotatable bonds is 8. The molecule has 1 heterocycles. The Bertz CT molecular complexity index is 1310. The van der Waals surface area contributed by atoms with Crippen molar-refractivity contribution in [1.82, 2.24) is 9.80 Å². The second-order valence-electron chi connectivity index (χ2n) is 9.36. The molecule has 0 aliphatic heterocycles. The van der Waals surface area contributed by atoms with Crippen LogP contribution in [0.15, 0.2) is 53.9 Å². The molecule has 0 bridgehead atoms. The van der Waals surface area contributed by atoms with Crippen LogP contribution >= 0.6 is 11.3 Å². The van der Waals surface area contributed by atoms with Gasteiger partial charge in [0.05, 0.1) is 17.7 Å². The van der Waals surface area contributed by atoms with Crippen LogP contribution in [0, 0.1) is 12.7 Å². The Balaban J connectivity index is 1.63. The minimum absolute atomic E-state index is 0.0445. The first-order valence-electron chi connectivity index (χ1n) is 11.9. The molecule has 3 aromatic rings. The smallest absolute Gasteiger partial charge is 0.332 e. The Morgan fingerprint density at radius 3 is 1.97 bits per heavy atom. The number of aryl methyl sites for hydroxylation is 1. The number of hydrogen-bond acceptors (Lipinski definition) is 3. The van der Waals surface area contributed by atoms with Crippen molar-refractivity contribution >= 4 is 23.2 Å². The molecular formula is C27H23F7N2O2S. The van der Waals surface area contributed by atoms with E-state index in [1.165, 1.54) is 40.5 Å². The molecule has 0 N–H and O–H groups in total. The van der Waals surface area contributed by atoms with Gasteiger partial charge in [-0.3, -0.25) is 9.59 Å². The van der Waals surface area contributed by atoms with Crippen molar-refractivity contribution in [1.29, 1.82) is 0 Å². The van der Waals surface area contributed by atoms with Crippen LogP contribution in [0.3, 0.4) is 0 Å². The Kier molecular flexibility index (Phi) is 8.06.